The zero-order valence-corrected chi connectivity index (χ0v) is 12.8. The van der Waals surface area contributed by atoms with Gasteiger partial charge in [-0.1, -0.05) is 13.3 Å². The molecule has 2 bridgehead atoms. The van der Waals surface area contributed by atoms with Gasteiger partial charge in [0.2, 0.25) is 0 Å². The van der Waals surface area contributed by atoms with Gasteiger partial charge in [0, 0.05) is 19.1 Å². The van der Waals surface area contributed by atoms with Crippen molar-refractivity contribution in [3.63, 3.8) is 0 Å². The van der Waals surface area contributed by atoms with Crippen molar-refractivity contribution in [3.05, 3.63) is 0 Å². The molecule has 5 nitrogen and oxygen atoms in total. The predicted molar refractivity (Wildman–Crippen MR) is 78.9 cm³/mol. The summed E-state index contributed by atoms with van der Waals surface area (Å²) in [7, 11) is 0. The Labute approximate surface area is 126 Å². The number of piperidine rings is 1. The lowest BCUT2D eigenvalue weighted by molar-refractivity contribution is -0.152. The maximum Gasteiger partial charge on any atom is 0.317 e. The largest absolute Gasteiger partial charge is 0.481 e. The number of carboxylic acids is 1. The van der Waals surface area contributed by atoms with E-state index in [0.717, 1.165) is 18.8 Å². The van der Waals surface area contributed by atoms with E-state index in [1.807, 2.05) is 6.92 Å². The van der Waals surface area contributed by atoms with Crippen LogP contribution < -0.4 is 5.32 Å². The number of carboxylic acid groups (broad SMARTS) is 1. The number of rotatable bonds is 3. The van der Waals surface area contributed by atoms with E-state index in [4.69, 9.17) is 0 Å². The summed E-state index contributed by atoms with van der Waals surface area (Å²) in [5.41, 5.74) is -0.746. The van der Waals surface area contributed by atoms with Crippen LogP contribution in [-0.2, 0) is 4.79 Å². The molecule has 4 unspecified atom stereocenters. The van der Waals surface area contributed by atoms with Gasteiger partial charge in [-0.3, -0.25) is 4.79 Å². The molecule has 3 aliphatic rings. The zero-order chi connectivity index (χ0) is 15.0. The van der Waals surface area contributed by atoms with Crippen LogP contribution in [0.3, 0.4) is 0 Å². The average molecular weight is 294 g/mol. The topological polar surface area (TPSA) is 69.6 Å². The summed E-state index contributed by atoms with van der Waals surface area (Å²) in [5.74, 6) is 0.692. The molecular weight excluding hydrogens is 268 g/mol. The molecular formula is C16H26N2O3. The van der Waals surface area contributed by atoms with Crippen LogP contribution in [0.15, 0.2) is 0 Å². The molecule has 2 N–H and O–H groups in total. The fourth-order valence-corrected chi connectivity index (χ4v) is 4.59. The Balaban J connectivity index is 1.61. The minimum absolute atomic E-state index is 0.0497. The number of carbonyl (C=O) groups is 2. The molecule has 1 heterocycles. The van der Waals surface area contributed by atoms with Crippen molar-refractivity contribution in [3.8, 4) is 0 Å². The van der Waals surface area contributed by atoms with Gasteiger partial charge >= 0.3 is 12.0 Å². The first-order valence-electron chi connectivity index (χ1n) is 8.33. The van der Waals surface area contributed by atoms with E-state index in [2.05, 4.69) is 5.32 Å². The fraction of sp³-hybridized carbons (Fsp3) is 0.875. The number of amides is 2. The van der Waals surface area contributed by atoms with Gasteiger partial charge in [0.05, 0.1) is 5.41 Å². The monoisotopic (exact) mass is 294 g/mol. The first-order chi connectivity index (χ1) is 10.0. The normalized spacial score (nSPS) is 38.5. The lowest BCUT2D eigenvalue weighted by Crippen LogP contribution is -2.54. The summed E-state index contributed by atoms with van der Waals surface area (Å²) in [6.45, 7) is 2.94. The van der Waals surface area contributed by atoms with Crippen LogP contribution in [0.2, 0.25) is 0 Å². The maximum absolute atomic E-state index is 12.5. The molecule has 4 atom stereocenters. The summed E-state index contributed by atoms with van der Waals surface area (Å²) in [6, 6.07) is 0.269. The third kappa shape index (κ3) is 2.62. The highest BCUT2D eigenvalue weighted by atomic mass is 16.4. The van der Waals surface area contributed by atoms with E-state index in [9.17, 15) is 14.7 Å². The highest BCUT2D eigenvalue weighted by Gasteiger charge is 2.44. The Morgan fingerprint density at radius 3 is 2.71 bits per heavy atom. The lowest BCUT2D eigenvalue weighted by Gasteiger charge is -2.40. The number of nitrogens with one attached hydrogen (secondary N) is 1. The van der Waals surface area contributed by atoms with Gasteiger partial charge in [-0.25, -0.2) is 4.79 Å². The van der Waals surface area contributed by atoms with Crippen molar-refractivity contribution < 1.29 is 14.7 Å². The number of fused-ring (bicyclic) bond motifs is 2. The number of aliphatic carboxylic acids is 1. The molecule has 3 rings (SSSR count). The molecule has 2 saturated carbocycles. The summed E-state index contributed by atoms with van der Waals surface area (Å²) >= 11 is 0. The highest BCUT2D eigenvalue weighted by Crippen LogP contribution is 2.44. The van der Waals surface area contributed by atoms with Crippen LogP contribution in [0.25, 0.3) is 0 Å². The smallest absolute Gasteiger partial charge is 0.317 e. The number of nitrogens with zero attached hydrogens (tertiary/aromatic N) is 1. The molecule has 21 heavy (non-hydrogen) atoms. The summed E-state index contributed by atoms with van der Waals surface area (Å²) in [6.07, 6.45) is 6.98. The Hall–Kier alpha value is -1.26. The molecule has 1 aliphatic heterocycles. The van der Waals surface area contributed by atoms with Crippen molar-refractivity contribution in [2.24, 2.45) is 17.3 Å². The van der Waals surface area contributed by atoms with Gasteiger partial charge in [-0.05, 0) is 50.4 Å². The Morgan fingerprint density at radius 1 is 1.33 bits per heavy atom. The molecule has 0 aromatic rings. The van der Waals surface area contributed by atoms with Gasteiger partial charge in [-0.15, -0.1) is 0 Å². The maximum atomic E-state index is 12.5. The highest BCUT2D eigenvalue weighted by molar-refractivity contribution is 5.79. The second-order valence-corrected chi connectivity index (χ2v) is 7.19. The molecule has 0 aromatic carbocycles. The molecule has 5 heteroatoms. The van der Waals surface area contributed by atoms with Gasteiger partial charge in [-0.2, -0.15) is 0 Å². The van der Waals surface area contributed by atoms with Gasteiger partial charge in [0.1, 0.15) is 0 Å². The predicted octanol–water partition coefficient (Wildman–Crippen LogP) is 2.46. The number of carbonyl (C=O) groups excluding carboxylic acids is 1. The third-order valence-electron chi connectivity index (χ3n) is 6.04. The number of hydrogen-bond donors (Lipinski definition) is 2. The van der Waals surface area contributed by atoms with E-state index in [1.165, 1.54) is 19.3 Å². The number of urea groups is 1. The van der Waals surface area contributed by atoms with Gasteiger partial charge < -0.3 is 15.3 Å². The fourth-order valence-electron chi connectivity index (χ4n) is 4.59. The molecule has 2 aliphatic carbocycles. The third-order valence-corrected chi connectivity index (χ3v) is 6.04. The Morgan fingerprint density at radius 2 is 2.14 bits per heavy atom. The minimum atomic E-state index is -0.762. The van der Waals surface area contributed by atoms with Crippen LogP contribution in [0.1, 0.15) is 51.9 Å². The van der Waals surface area contributed by atoms with Crippen LogP contribution in [-0.4, -0.2) is 41.1 Å². The van der Waals surface area contributed by atoms with E-state index >= 15 is 0 Å². The average Bonchev–Trinajstić information content (AvgIpc) is 3.09. The van der Waals surface area contributed by atoms with Crippen molar-refractivity contribution in [1.29, 1.82) is 0 Å². The molecule has 3 fully saturated rings. The van der Waals surface area contributed by atoms with Crippen molar-refractivity contribution in [2.75, 3.05) is 13.1 Å². The second-order valence-electron chi connectivity index (χ2n) is 7.19. The summed E-state index contributed by atoms with van der Waals surface area (Å²) in [5, 5.41) is 12.7. The first-order valence-corrected chi connectivity index (χ1v) is 8.33. The molecule has 0 radical (unpaired) electrons. The van der Waals surface area contributed by atoms with Crippen LogP contribution >= 0.6 is 0 Å². The molecule has 2 amide bonds. The van der Waals surface area contributed by atoms with E-state index in [1.54, 1.807) is 4.90 Å². The van der Waals surface area contributed by atoms with Crippen molar-refractivity contribution in [1.82, 2.24) is 10.2 Å². The van der Waals surface area contributed by atoms with Crippen molar-refractivity contribution in [2.45, 2.75) is 57.9 Å². The first kappa shape index (κ1) is 14.7. The molecule has 1 saturated heterocycles. The summed E-state index contributed by atoms with van der Waals surface area (Å²) in [4.78, 5) is 25.8. The molecule has 118 valence electrons. The van der Waals surface area contributed by atoms with Crippen LogP contribution in [0.5, 0.6) is 0 Å². The lowest BCUT2D eigenvalue weighted by atomic mass is 9.78. The van der Waals surface area contributed by atoms with Gasteiger partial charge in [0.25, 0.3) is 0 Å². The van der Waals surface area contributed by atoms with E-state index in [0.29, 0.717) is 37.9 Å². The standard InChI is InChI=1S/C16H26N2O3/c1-2-16(14(19)20)6-3-7-18(10-16)15(21)17-13-9-11-4-5-12(13)8-11/h11-13H,2-10H2,1H3,(H,17,21)(H,19,20). The van der Waals surface area contributed by atoms with Gasteiger partial charge in [0.15, 0.2) is 0 Å². The van der Waals surface area contributed by atoms with Crippen LogP contribution in [0, 0.1) is 17.3 Å². The van der Waals surface area contributed by atoms with Crippen molar-refractivity contribution >= 4 is 12.0 Å². The molecule has 0 spiro atoms. The Bertz CT molecular complexity index is 439. The van der Waals surface area contributed by atoms with E-state index in [-0.39, 0.29) is 6.03 Å². The summed E-state index contributed by atoms with van der Waals surface area (Å²) < 4.78 is 0. The minimum Gasteiger partial charge on any atom is -0.481 e. The van der Waals surface area contributed by atoms with Crippen LogP contribution in [0.4, 0.5) is 4.79 Å². The number of hydrogen-bond acceptors (Lipinski definition) is 2. The SMILES string of the molecule is CCC1(C(=O)O)CCCN(C(=O)NC2CC3CCC2C3)C1. The second kappa shape index (κ2) is 5.50. The quantitative estimate of drug-likeness (QED) is 0.840. The number of likely N-dealkylation sites (tertiary alicyclic amines) is 1. The zero-order valence-electron chi connectivity index (χ0n) is 12.8. The van der Waals surface area contributed by atoms with E-state index < -0.39 is 11.4 Å². The Kier molecular flexibility index (Phi) is 3.84. The molecule has 0 aromatic heterocycles.